The van der Waals surface area contributed by atoms with Gasteiger partial charge in [-0.2, -0.15) is 0 Å². The molecule has 0 fully saturated rings. The number of aryl methyl sites for hydroxylation is 1. The molecule has 0 aliphatic rings. The fraction of sp³-hybridized carbons (Fsp3) is 0.400. The van der Waals surface area contributed by atoms with Crippen LogP contribution in [0.2, 0.25) is 0 Å². The van der Waals surface area contributed by atoms with E-state index in [1.54, 1.807) is 6.07 Å². The lowest BCUT2D eigenvalue weighted by Gasteiger charge is -2.17. The Balaban J connectivity index is 2.65. The average molecular weight is 322 g/mol. The minimum Gasteiger partial charge on any atom is -0.479 e. The summed E-state index contributed by atoms with van der Waals surface area (Å²) in [7, 11) is 0. The van der Waals surface area contributed by atoms with Crippen LogP contribution in [0.4, 0.5) is 0 Å². The van der Waals surface area contributed by atoms with Crippen LogP contribution in [0.1, 0.15) is 22.2 Å². The molecule has 1 heterocycles. The van der Waals surface area contributed by atoms with Crippen LogP contribution in [-0.4, -0.2) is 34.2 Å². The third-order valence-corrected chi connectivity index (χ3v) is 4.27. The van der Waals surface area contributed by atoms with Crippen molar-refractivity contribution in [2.24, 2.45) is 0 Å². The minimum absolute atomic E-state index is 0.338. The van der Waals surface area contributed by atoms with Crippen LogP contribution in [0.15, 0.2) is 9.85 Å². The van der Waals surface area contributed by atoms with Gasteiger partial charge >= 0.3 is 5.97 Å². The van der Waals surface area contributed by atoms with Gasteiger partial charge in [-0.1, -0.05) is 0 Å². The van der Waals surface area contributed by atoms with Crippen LogP contribution >= 0.6 is 27.3 Å². The number of amides is 1. The summed E-state index contributed by atoms with van der Waals surface area (Å²) in [6.45, 7) is 2.64. The Kier molecular flexibility index (Phi) is 4.29. The third-order valence-electron chi connectivity index (χ3n) is 2.13. The van der Waals surface area contributed by atoms with Crippen molar-refractivity contribution in [1.29, 1.82) is 0 Å². The van der Waals surface area contributed by atoms with Crippen molar-refractivity contribution in [3.05, 3.63) is 20.3 Å². The molecule has 7 heteroatoms. The number of hydrogen-bond donors (Lipinski definition) is 3. The van der Waals surface area contributed by atoms with Crippen LogP contribution in [0, 0.1) is 6.92 Å². The molecule has 0 aliphatic carbocycles. The number of aliphatic carboxylic acids is 1. The Morgan fingerprint density at radius 2 is 2.18 bits per heavy atom. The molecule has 1 unspecified atom stereocenters. The fourth-order valence-electron chi connectivity index (χ4n) is 0.987. The summed E-state index contributed by atoms with van der Waals surface area (Å²) >= 11 is 4.55. The minimum atomic E-state index is -1.96. The summed E-state index contributed by atoms with van der Waals surface area (Å²) in [6.07, 6.45) is 0. The molecule has 0 bridgehead atoms. The second-order valence-corrected chi connectivity index (χ2v) is 6.20. The molecule has 17 heavy (non-hydrogen) atoms. The molecule has 0 aromatic carbocycles. The van der Waals surface area contributed by atoms with E-state index in [0.717, 1.165) is 16.3 Å². The zero-order valence-corrected chi connectivity index (χ0v) is 11.7. The molecule has 1 aromatic rings. The first kappa shape index (κ1) is 14.1. The van der Waals surface area contributed by atoms with Gasteiger partial charge in [0.2, 0.25) is 0 Å². The van der Waals surface area contributed by atoms with Gasteiger partial charge in [-0.15, -0.1) is 11.3 Å². The van der Waals surface area contributed by atoms with Crippen molar-refractivity contribution in [2.45, 2.75) is 19.4 Å². The van der Waals surface area contributed by atoms with Crippen molar-refractivity contribution in [2.75, 3.05) is 6.54 Å². The number of carbonyl (C=O) groups excluding carboxylic acids is 1. The van der Waals surface area contributed by atoms with Gasteiger partial charge in [-0.3, -0.25) is 4.79 Å². The van der Waals surface area contributed by atoms with E-state index in [2.05, 4.69) is 21.2 Å². The van der Waals surface area contributed by atoms with Gasteiger partial charge in [0.15, 0.2) is 5.60 Å². The van der Waals surface area contributed by atoms with E-state index in [1.165, 1.54) is 11.3 Å². The molecule has 0 aliphatic heterocycles. The summed E-state index contributed by atoms with van der Waals surface area (Å²) in [4.78, 5) is 22.7. The number of nitrogens with one attached hydrogen (secondary N) is 1. The van der Waals surface area contributed by atoms with E-state index in [4.69, 9.17) is 5.11 Å². The summed E-state index contributed by atoms with van der Waals surface area (Å²) in [5, 5.41) is 20.5. The first-order valence-corrected chi connectivity index (χ1v) is 6.35. The lowest BCUT2D eigenvalue weighted by atomic mass is 10.1. The summed E-state index contributed by atoms with van der Waals surface area (Å²) in [6, 6.07) is 1.69. The Bertz CT molecular complexity index is 436. The highest BCUT2D eigenvalue weighted by Crippen LogP contribution is 2.27. The van der Waals surface area contributed by atoms with E-state index >= 15 is 0 Å². The quantitative estimate of drug-likeness (QED) is 0.782. The van der Waals surface area contributed by atoms with E-state index < -0.39 is 17.5 Å². The van der Waals surface area contributed by atoms with Crippen molar-refractivity contribution in [1.82, 2.24) is 5.32 Å². The Morgan fingerprint density at radius 3 is 2.59 bits per heavy atom. The molecular weight excluding hydrogens is 310 g/mol. The molecule has 1 rings (SSSR count). The standard InChI is InChI=1S/C10H12BrNO4S/c1-5-3-6(17-7(5)11)8(13)12-4-10(2,16)9(14)15/h3,16H,4H2,1-2H3,(H,12,13)(H,14,15). The van der Waals surface area contributed by atoms with Gasteiger partial charge in [0.05, 0.1) is 15.2 Å². The van der Waals surface area contributed by atoms with Crippen LogP contribution in [0.5, 0.6) is 0 Å². The van der Waals surface area contributed by atoms with Crippen molar-refractivity contribution < 1.29 is 19.8 Å². The molecule has 0 radical (unpaired) electrons. The predicted octanol–water partition coefficient (Wildman–Crippen LogP) is 1.38. The number of carboxylic acid groups (broad SMARTS) is 1. The zero-order chi connectivity index (χ0) is 13.2. The second-order valence-electron chi connectivity index (χ2n) is 3.83. The van der Waals surface area contributed by atoms with Gasteiger partial charge in [0, 0.05) is 0 Å². The maximum absolute atomic E-state index is 11.7. The van der Waals surface area contributed by atoms with Gasteiger partial charge < -0.3 is 15.5 Å². The number of hydrogen-bond acceptors (Lipinski definition) is 4. The van der Waals surface area contributed by atoms with E-state index in [0.29, 0.717) is 4.88 Å². The second kappa shape index (κ2) is 5.16. The van der Waals surface area contributed by atoms with Crippen LogP contribution in [0.3, 0.4) is 0 Å². The molecule has 5 nitrogen and oxygen atoms in total. The molecule has 0 saturated heterocycles. The molecule has 3 N–H and O–H groups in total. The number of thiophene rings is 1. The van der Waals surface area contributed by atoms with Crippen molar-refractivity contribution in [3.8, 4) is 0 Å². The maximum atomic E-state index is 11.7. The van der Waals surface area contributed by atoms with Gasteiger partial charge in [0.1, 0.15) is 0 Å². The average Bonchev–Trinajstić information content (AvgIpc) is 2.56. The SMILES string of the molecule is Cc1cc(C(=O)NCC(C)(O)C(=O)O)sc1Br. The topological polar surface area (TPSA) is 86.6 Å². The summed E-state index contributed by atoms with van der Waals surface area (Å²) in [5.41, 5.74) is -1.02. The summed E-state index contributed by atoms with van der Waals surface area (Å²) in [5.74, 6) is -1.77. The highest BCUT2D eigenvalue weighted by atomic mass is 79.9. The molecule has 1 amide bonds. The largest absolute Gasteiger partial charge is 0.479 e. The third kappa shape index (κ3) is 3.52. The number of aliphatic hydroxyl groups is 1. The molecule has 1 aromatic heterocycles. The van der Waals surface area contributed by atoms with Crippen LogP contribution in [-0.2, 0) is 4.79 Å². The zero-order valence-electron chi connectivity index (χ0n) is 9.28. The number of carbonyl (C=O) groups is 2. The van der Waals surface area contributed by atoms with Gasteiger partial charge in [-0.25, -0.2) is 4.79 Å². The fourth-order valence-corrected chi connectivity index (χ4v) is 2.44. The highest BCUT2D eigenvalue weighted by molar-refractivity contribution is 9.11. The van der Waals surface area contributed by atoms with Gasteiger partial charge in [0.25, 0.3) is 5.91 Å². The normalized spacial score (nSPS) is 14.1. The molecular formula is C10H12BrNO4S. The predicted molar refractivity (Wildman–Crippen MR) is 67.3 cm³/mol. The van der Waals surface area contributed by atoms with E-state index in [9.17, 15) is 14.7 Å². The first-order chi connectivity index (χ1) is 7.74. The highest BCUT2D eigenvalue weighted by Gasteiger charge is 2.30. The lowest BCUT2D eigenvalue weighted by Crippen LogP contribution is -2.46. The smallest absolute Gasteiger partial charge is 0.337 e. The van der Waals surface area contributed by atoms with Crippen LogP contribution in [0.25, 0.3) is 0 Å². The molecule has 1 atom stereocenters. The number of rotatable bonds is 4. The lowest BCUT2D eigenvalue weighted by molar-refractivity contribution is -0.155. The Hall–Kier alpha value is -0.920. The molecule has 94 valence electrons. The van der Waals surface area contributed by atoms with E-state index in [1.807, 2.05) is 6.92 Å². The Morgan fingerprint density at radius 1 is 1.59 bits per heavy atom. The first-order valence-electron chi connectivity index (χ1n) is 4.74. The van der Waals surface area contributed by atoms with Gasteiger partial charge in [-0.05, 0) is 41.4 Å². The van der Waals surface area contributed by atoms with Crippen molar-refractivity contribution in [3.63, 3.8) is 0 Å². The summed E-state index contributed by atoms with van der Waals surface area (Å²) < 4.78 is 0.854. The number of halogens is 1. The number of carboxylic acids is 1. The molecule has 0 spiro atoms. The molecule has 0 saturated carbocycles. The maximum Gasteiger partial charge on any atom is 0.337 e. The Labute approximate surface area is 111 Å². The van der Waals surface area contributed by atoms with Crippen LogP contribution < -0.4 is 5.32 Å². The monoisotopic (exact) mass is 321 g/mol. The van der Waals surface area contributed by atoms with E-state index in [-0.39, 0.29) is 6.54 Å². The van der Waals surface area contributed by atoms with Crippen molar-refractivity contribution >= 4 is 39.1 Å².